The van der Waals surface area contributed by atoms with Gasteiger partial charge in [0.15, 0.2) is 6.61 Å². The lowest BCUT2D eigenvalue weighted by molar-refractivity contribution is -0.118. The second kappa shape index (κ2) is 7.66. The van der Waals surface area contributed by atoms with Crippen molar-refractivity contribution in [2.75, 3.05) is 17.3 Å². The molecule has 1 aliphatic rings. The number of nitrogens with one attached hydrogen (secondary N) is 3. The summed E-state index contributed by atoms with van der Waals surface area (Å²) in [6.45, 7) is -0.0105. The predicted octanol–water partition coefficient (Wildman–Crippen LogP) is 2.09. The molecule has 2 aromatic carbocycles. The molecule has 0 fully saturated rings. The smallest absolute Gasteiger partial charge is 0.270 e. The van der Waals surface area contributed by atoms with E-state index in [1.807, 2.05) is 12.1 Å². The largest absolute Gasteiger partial charge is 0.482 e. The fraction of sp³-hybridized carbons (Fsp3) is 0.0500. The van der Waals surface area contributed by atoms with Gasteiger partial charge in [-0.1, -0.05) is 30.3 Å². The number of nitrogens with zero attached hydrogens (tertiary/aromatic N) is 3. The molecule has 9 heteroatoms. The summed E-state index contributed by atoms with van der Waals surface area (Å²) >= 11 is 0. The molecule has 142 valence electrons. The standard InChI is InChI=1S/C20H14N6O3/c21-9-14-18(13-4-2-1-3-5-13)24-20(25-19(14)28)26-22-10-12-6-7-16-15(8-12)23-17(27)11-29-16/h1-8,10H,11H2,(H,23,27)(H2,24,25,26,28). The lowest BCUT2D eigenvalue weighted by Gasteiger charge is -2.17. The van der Waals surface area contributed by atoms with Gasteiger partial charge in [0.2, 0.25) is 5.95 Å². The van der Waals surface area contributed by atoms with Crippen molar-refractivity contribution < 1.29 is 9.53 Å². The molecular weight excluding hydrogens is 372 g/mol. The summed E-state index contributed by atoms with van der Waals surface area (Å²) in [7, 11) is 0. The molecule has 0 saturated carbocycles. The summed E-state index contributed by atoms with van der Waals surface area (Å²) in [5, 5.41) is 16.1. The van der Waals surface area contributed by atoms with E-state index in [4.69, 9.17) is 4.74 Å². The van der Waals surface area contributed by atoms with Gasteiger partial charge >= 0.3 is 0 Å². The molecule has 1 aliphatic heterocycles. The first-order chi connectivity index (χ1) is 14.1. The van der Waals surface area contributed by atoms with Crippen molar-refractivity contribution in [3.63, 3.8) is 0 Å². The number of aromatic amines is 1. The topological polar surface area (TPSA) is 132 Å². The van der Waals surface area contributed by atoms with Gasteiger partial charge in [-0.3, -0.25) is 14.6 Å². The number of ether oxygens (including phenoxy) is 1. The van der Waals surface area contributed by atoms with E-state index in [0.29, 0.717) is 22.6 Å². The van der Waals surface area contributed by atoms with Crippen LogP contribution < -0.4 is 21.0 Å². The number of carbonyl (C=O) groups is 1. The van der Waals surface area contributed by atoms with Gasteiger partial charge in [0, 0.05) is 5.56 Å². The zero-order valence-corrected chi connectivity index (χ0v) is 15.0. The molecule has 1 amide bonds. The van der Waals surface area contributed by atoms with Crippen LogP contribution in [-0.2, 0) is 4.79 Å². The molecule has 4 rings (SSSR count). The summed E-state index contributed by atoms with van der Waals surface area (Å²) in [4.78, 5) is 30.4. The number of anilines is 2. The number of rotatable bonds is 4. The van der Waals surface area contributed by atoms with Crippen LogP contribution in [0.2, 0.25) is 0 Å². The SMILES string of the molecule is N#Cc1c(-c2ccccc2)nc(NN=Cc2ccc3c(c2)NC(=O)CO3)[nH]c1=O. The van der Waals surface area contributed by atoms with Crippen molar-refractivity contribution >= 4 is 23.8 Å². The van der Waals surface area contributed by atoms with E-state index in [0.717, 1.165) is 0 Å². The van der Waals surface area contributed by atoms with Gasteiger partial charge in [0.25, 0.3) is 11.5 Å². The Hall–Kier alpha value is -4.45. The van der Waals surface area contributed by atoms with E-state index in [-0.39, 0.29) is 29.7 Å². The molecule has 9 nitrogen and oxygen atoms in total. The van der Waals surface area contributed by atoms with Crippen LogP contribution in [0.4, 0.5) is 11.6 Å². The normalized spacial score (nSPS) is 12.6. The maximum absolute atomic E-state index is 12.2. The van der Waals surface area contributed by atoms with Crippen molar-refractivity contribution in [2.45, 2.75) is 0 Å². The summed E-state index contributed by atoms with van der Waals surface area (Å²) in [5.74, 6) is 0.455. The lowest BCUT2D eigenvalue weighted by Crippen LogP contribution is -2.25. The monoisotopic (exact) mass is 386 g/mol. The fourth-order valence-corrected chi connectivity index (χ4v) is 2.78. The molecule has 0 bridgehead atoms. The van der Waals surface area contributed by atoms with Crippen molar-refractivity contribution in [2.24, 2.45) is 5.10 Å². The number of aromatic nitrogens is 2. The Labute approximate surface area is 164 Å². The van der Waals surface area contributed by atoms with E-state index < -0.39 is 5.56 Å². The number of carbonyl (C=O) groups excluding carboxylic acids is 1. The molecular formula is C20H14N6O3. The minimum absolute atomic E-state index is 0.0105. The Kier molecular flexibility index (Phi) is 4.74. The van der Waals surface area contributed by atoms with E-state index in [1.54, 1.807) is 42.5 Å². The number of benzene rings is 2. The quantitative estimate of drug-likeness (QED) is 0.465. The first-order valence-corrected chi connectivity index (χ1v) is 8.59. The van der Waals surface area contributed by atoms with Crippen LogP contribution in [0.1, 0.15) is 11.1 Å². The number of hydrogen-bond donors (Lipinski definition) is 3. The minimum atomic E-state index is -0.562. The Balaban J connectivity index is 1.58. The highest BCUT2D eigenvalue weighted by Gasteiger charge is 2.15. The Bertz CT molecular complexity index is 1210. The highest BCUT2D eigenvalue weighted by atomic mass is 16.5. The van der Waals surface area contributed by atoms with Gasteiger partial charge in [0.1, 0.15) is 17.4 Å². The fourth-order valence-electron chi connectivity index (χ4n) is 2.78. The summed E-state index contributed by atoms with van der Waals surface area (Å²) in [6, 6.07) is 16.0. The highest BCUT2D eigenvalue weighted by molar-refractivity contribution is 5.96. The van der Waals surface area contributed by atoms with Crippen LogP contribution in [0, 0.1) is 11.3 Å². The summed E-state index contributed by atoms with van der Waals surface area (Å²) < 4.78 is 5.31. The average Bonchev–Trinajstić information content (AvgIpc) is 2.73. The van der Waals surface area contributed by atoms with Crippen molar-refractivity contribution in [1.82, 2.24) is 9.97 Å². The third-order valence-electron chi connectivity index (χ3n) is 4.10. The molecule has 2 heterocycles. The van der Waals surface area contributed by atoms with Crippen LogP contribution >= 0.6 is 0 Å². The van der Waals surface area contributed by atoms with Crippen molar-refractivity contribution in [1.29, 1.82) is 5.26 Å². The van der Waals surface area contributed by atoms with Crippen LogP contribution in [0.25, 0.3) is 11.3 Å². The summed E-state index contributed by atoms with van der Waals surface area (Å²) in [6.07, 6.45) is 1.50. The number of hydrogen-bond acceptors (Lipinski definition) is 7. The van der Waals surface area contributed by atoms with Gasteiger partial charge in [-0.15, -0.1) is 0 Å². The minimum Gasteiger partial charge on any atom is -0.482 e. The third-order valence-corrected chi connectivity index (χ3v) is 4.10. The molecule has 3 N–H and O–H groups in total. The number of amides is 1. The molecule has 0 atom stereocenters. The van der Waals surface area contributed by atoms with Gasteiger partial charge in [0.05, 0.1) is 17.6 Å². The van der Waals surface area contributed by atoms with Gasteiger partial charge < -0.3 is 10.1 Å². The first-order valence-electron chi connectivity index (χ1n) is 8.59. The number of nitriles is 1. The molecule has 3 aromatic rings. The van der Waals surface area contributed by atoms with Crippen molar-refractivity contribution in [3.8, 4) is 23.1 Å². The second-order valence-electron chi connectivity index (χ2n) is 6.08. The molecule has 0 spiro atoms. The Morgan fingerprint density at radius 2 is 2.03 bits per heavy atom. The molecule has 0 unspecified atom stereocenters. The van der Waals surface area contributed by atoms with Gasteiger partial charge in [-0.05, 0) is 23.8 Å². The van der Waals surface area contributed by atoms with Gasteiger partial charge in [-0.2, -0.15) is 10.4 Å². The molecule has 29 heavy (non-hydrogen) atoms. The lowest BCUT2D eigenvalue weighted by atomic mass is 10.1. The van der Waals surface area contributed by atoms with E-state index in [2.05, 4.69) is 25.8 Å². The maximum Gasteiger partial charge on any atom is 0.270 e. The zero-order chi connectivity index (χ0) is 20.2. The van der Waals surface area contributed by atoms with E-state index in [1.165, 1.54) is 6.21 Å². The zero-order valence-electron chi connectivity index (χ0n) is 15.0. The van der Waals surface area contributed by atoms with Gasteiger partial charge in [-0.25, -0.2) is 10.4 Å². The highest BCUT2D eigenvalue weighted by Crippen LogP contribution is 2.27. The maximum atomic E-state index is 12.2. The molecule has 1 aromatic heterocycles. The van der Waals surface area contributed by atoms with Crippen molar-refractivity contribution in [3.05, 3.63) is 70.0 Å². The Morgan fingerprint density at radius 1 is 1.21 bits per heavy atom. The van der Waals surface area contributed by atoms with Crippen LogP contribution in [0.3, 0.4) is 0 Å². The van der Waals surface area contributed by atoms with Crippen LogP contribution in [-0.4, -0.2) is 28.7 Å². The van der Waals surface area contributed by atoms with Crippen LogP contribution in [0.5, 0.6) is 5.75 Å². The Morgan fingerprint density at radius 3 is 2.83 bits per heavy atom. The number of hydrazone groups is 1. The van der Waals surface area contributed by atoms with E-state index in [9.17, 15) is 14.9 Å². The summed E-state index contributed by atoms with van der Waals surface area (Å²) in [5.41, 5.74) is 4.19. The first kappa shape index (κ1) is 17.9. The molecule has 0 saturated heterocycles. The number of fused-ring (bicyclic) bond motifs is 1. The van der Waals surface area contributed by atoms with Crippen LogP contribution in [0.15, 0.2) is 58.4 Å². The van der Waals surface area contributed by atoms with E-state index >= 15 is 0 Å². The third kappa shape index (κ3) is 3.81. The molecule has 0 radical (unpaired) electrons. The average molecular weight is 386 g/mol. The second-order valence-corrected chi connectivity index (χ2v) is 6.08. The molecule has 0 aliphatic carbocycles. The number of H-pyrrole nitrogens is 1. The predicted molar refractivity (Wildman–Crippen MR) is 107 cm³/mol.